The molecule has 3 aromatic carbocycles. The summed E-state index contributed by atoms with van der Waals surface area (Å²) in [5, 5.41) is 3.33. The maximum atomic E-state index is 13.0. The van der Waals surface area contributed by atoms with Gasteiger partial charge in [0.05, 0.1) is 11.3 Å². The summed E-state index contributed by atoms with van der Waals surface area (Å²) >= 11 is 12.4. The summed E-state index contributed by atoms with van der Waals surface area (Å²) in [6, 6.07) is 15.1. The number of amides is 2. The number of aryl methyl sites for hydroxylation is 4. The second-order valence-corrected chi connectivity index (χ2v) is 9.14. The van der Waals surface area contributed by atoms with Gasteiger partial charge in [-0.2, -0.15) is 0 Å². The van der Waals surface area contributed by atoms with Crippen LogP contribution >= 0.6 is 23.2 Å². The number of hydrogen-bond acceptors (Lipinski definition) is 5. The zero-order chi connectivity index (χ0) is 25.4. The summed E-state index contributed by atoms with van der Waals surface area (Å²) in [6.45, 7) is 7.43. The first-order valence-electron chi connectivity index (χ1n) is 10.8. The lowest BCUT2D eigenvalue weighted by Crippen LogP contribution is -2.32. The molecule has 0 aromatic heterocycles. The lowest BCUT2D eigenvalue weighted by atomic mass is 10.1. The van der Waals surface area contributed by atoms with Crippen LogP contribution in [-0.4, -0.2) is 17.8 Å². The summed E-state index contributed by atoms with van der Waals surface area (Å²) in [5.41, 5.74) is 4.66. The molecule has 4 rings (SSSR count). The van der Waals surface area contributed by atoms with E-state index in [1.54, 1.807) is 42.5 Å². The van der Waals surface area contributed by atoms with E-state index in [0.29, 0.717) is 27.7 Å². The van der Waals surface area contributed by atoms with Crippen molar-refractivity contribution in [2.75, 3.05) is 10.2 Å². The minimum absolute atomic E-state index is 0.0286. The lowest BCUT2D eigenvalue weighted by Gasteiger charge is -2.18. The Bertz CT molecular complexity index is 1390. The van der Waals surface area contributed by atoms with Gasteiger partial charge < -0.3 is 10.1 Å². The van der Waals surface area contributed by atoms with Crippen LogP contribution in [0.4, 0.5) is 11.4 Å². The molecule has 1 aliphatic heterocycles. The first-order chi connectivity index (χ1) is 16.6. The standard InChI is InChI=1S/C27H22Cl2N2O4/c1-14-5-10-21(15(2)11-14)31-25(32)23(29)24(26(31)33)30-19-8-6-18(7-9-19)27(34)35-20-12-16(3)22(28)17(4)13-20/h5-13,30H,1-4H3. The number of hydrogen-bond donors (Lipinski definition) is 1. The molecule has 0 saturated heterocycles. The topological polar surface area (TPSA) is 75.7 Å². The maximum Gasteiger partial charge on any atom is 0.343 e. The minimum Gasteiger partial charge on any atom is -0.423 e. The number of carbonyl (C=O) groups excluding carboxylic acids is 3. The van der Waals surface area contributed by atoms with E-state index < -0.39 is 17.8 Å². The fourth-order valence-electron chi connectivity index (χ4n) is 3.85. The van der Waals surface area contributed by atoms with Gasteiger partial charge in [-0.25, -0.2) is 9.69 Å². The zero-order valence-corrected chi connectivity index (χ0v) is 21.0. The monoisotopic (exact) mass is 508 g/mol. The van der Waals surface area contributed by atoms with Gasteiger partial charge in [0.1, 0.15) is 16.5 Å². The number of carbonyl (C=O) groups is 3. The van der Waals surface area contributed by atoms with Crippen molar-refractivity contribution >= 4 is 52.4 Å². The molecule has 1 aliphatic rings. The van der Waals surface area contributed by atoms with Crippen LogP contribution in [0.15, 0.2) is 65.3 Å². The molecule has 0 atom stereocenters. The van der Waals surface area contributed by atoms with Crippen molar-refractivity contribution in [1.29, 1.82) is 0 Å². The minimum atomic E-state index is -0.597. The average molecular weight is 509 g/mol. The van der Waals surface area contributed by atoms with Gasteiger partial charge in [-0.05, 0) is 86.8 Å². The van der Waals surface area contributed by atoms with Crippen LogP contribution in [0.5, 0.6) is 5.75 Å². The van der Waals surface area contributed by atoms with Gasteiger partial charge in [0.25, 0.3) is 11.8 Å². The number of anilines is 2. The largest absolute Gasteiger partial charge is 0.423 e. The quantitative estimate of drug-likeness (QED) is 0.251. The third kappa shape index (κ3) is 4.81. The first kappa shape index (κ1) is 24.5. The Labute approximate surface area is 213 Å². The summed E-state index contributed by atoms with van der Waals surface area (Å²) in [4.78, 5) is 39.4. The Morgan fingerprint density at radius 1 is 0.829 bits per heavy atom. The molecule has 35 heavy (non-hydrogen) atoms. The number of halogens is 2. The smallest absolute Gasteiger partial charge is 0.343 e. The fourth-order valence-corrected chi connectivity index (χ4v) is 4.17. The number of benzene rings is 3. The van der Waals surface area contributed by atoms with Crippen LogP contribution in [0.3, 0.4) is 0 Å². The Balaban J connectivity index is 1.50. The second kappa shape index (κ2) is 9.56. The van der Waals surface area contributed by atoms with E-state index in [-0.39, 0.29) is 10.7 Å². The van der Waals surface area contributed by atoms with Gasteiger partial charge in [0.2, 0.25) is 0 Å². The summed E-state index contributed by atoms with van der Waals surface area (Å²) in [6.07, 6.45) is 0. The lowest BCUT2D eigenvalue weighted by molar-refractivity contribution is -0.120. The fraction of sp³-hybridized carbons (Fsp3) is 0.148. The number of ether oxygens (including phenoxy) is 1. The molecular weight excluding hydrogens is 487 g/mol. The Morgan fingerprint density at radius 2 is 1.46 bits per heavy atom. The summed E-state index contributed by atoms with van der Waals surface area (Å²) < 4.78 is 5.47. The molecule has 0 bridgehead atoms. The molecule has 2 amide bonds. The van der Waals surface area contributed by atoms with Gasteiger partial charge in [-0.3, -0.25) is 9.59 Å². The van der Waals surface area contributed by atoms with E-state index in [1.165, 1.54) is 0 Å². The van der Waals surface area contributed by atoms with E-state index in [9.17, 15) is 14.4 Å². The highest BCUT2D eigenvalue weighted by Gasteiger charge is 2.39. The van der Waals surface area contributed by atoms with Crippen molar-refractivity contribution < 1.29 is 19.1 Å². The number of rotatable bonds is 5. The van der Waals surface area contributed by atoms with E-state index in [2.05, 4.69) is 5.32 Å². The van der Waals surface area contributed by atoms with Gasteiger partial charge >= 0.3 is 5.97 Å². The predicted octanol–water partition coefficient (Wildman–Crippen LogP) is 6.23. The second-order valence-electron chi connectivity index (χ2n) is 8.39. The number of esters is 1. The Kier molecular flexibility index (Phi) is 6.70. The molecule has 1 N–H and O–H groups in total. The van der Waals surface area contributed by atoms with Crippen LogP contribution in [0.2, 0.25) is 5.02 Å². The molecule has 0 radical (unpaired) electrons. The van der Waals surface area contributed by atoms with E-state index >= 15 is 0 Å². The SMILES string of the molecule is Cc1ccc(N2C(=O)C(Cl)=C(Nc3ccc(C(=O)Oc4cc(C)c(Cl)c(C)c4)cc3)C2=O)c(C)c1. The van der Waals surface area contributed by atoms with Crippen molar-refractivity contribution in [3.63, 3.8) is 0 Å². The van der Waals surface area contributed by atoms with Gasteiger partial charge in [0.15, 0.2) is 0 Å². The Hall–Kier alpha value is -3.61. The molecule has 0 spiro atoms. The molecule has 8 heteroatoms. The molecule has 0 unspecified atom stereocenters. The molecule has 6 nitrogen and oxygen atoms in total. The van der Waals surface area contributed by atoms with E-state index in [4.69, 9.17) is 27.9 Å². The van der Waals surface area contributed by atoms with Crippen LogP contribution in [0.25, 0.3) is 0 Å². The van der Waals surface area contributed by atoms with E-state index in [1.807, 2.05) is 39.8 Å². The normalized spacial score (nSPS) is 13.5. The molecule has 178 valence electrons. The van der Waals surface area contributed by atoms with Crippen molar-refractivity contribution in [1.82, 2.24) is 0 Å². The third-order valence-electron chi connectivity index (χ3n) is 5.63. The Morgan fingerprint density at radius 3 is 2.06 bits per heavy atom. The number of nitrogens with one attached hydrogen (secondary N) is 1. The van der Waals surface area contributed by atoms with Crippen molar-refractivity contribution in [3.05, 3.63) is 98.2 Å². The molecule has 0 aliphatic carbocycles. The van der Waals surface area contributed by atoms with Gasteiger partial charge in [-0.15, -0.1) is 0 Å². The van der Waals surface area contributed by atoms with Crippen LogP contribution in [-0.2, 0) is 9.59 Å². The number of nitrogens with zero attached hydrogens (tertiary/aromatic N) is 1. The first-order valence-corrected chi connectivity index (χ1v) is 11.5. The van der Waals surface area contributed by atoms with Crippen LogP contribution in [0.1, 0.15) is 32.6 Å². The van der Waals surface area contributed by atoms with Crippen LogP contribution in [0, 0.1) is 27.7 Å². The van der Waals surface area contributed by atoms with Crippen LogP contribution < -0.4 is 15.0 Å². The highest BCUT2D eigenvalue weighted by molar-refractivity contribution is 6.53. The molecular formula is C27H22Cl2N2O4. The average Bonchev–Trinajstić information content (AvgIpc) is 3.01. The maximum absolute atomic E-state index is 13.0. The predicted molar refractivity (Wildman–Crippen MR) is 137 cm³/mol. The van der Waals surface area contributed by atoms with Crippen molar-refractivity contribution in [3.8, 4) is 5.75 Å². The number of imide groups is 1. The van der Waals surface area contributed by atoms with Gasteiger partial charge in [-0.1, -0.05) is 40.9 Å². The summed E-state index contributed by atoms with van der Waals surface area (Å²) in [5.74, 6) is -1.29. The highest BCUT2D eigenvalue weighted by Crippen LogP contribution is 2.32. The van der Waals surface area contributed by atoms with E-state index in [0.717, 1.165) is 27.2 Å². The van der Waals surface area contributed by atoms with Crippen molar-refractivity contribution in [2.24, 2.45) is 0 Å². The molecule has 0 fully saturated rings. The molecule has 0 saturated carbocycles. The molecule has 3 aromatic rings. The van der Waals surface area contributed by atoms with Gasteiger partial charge in [0, 0.05) is 10.7 Å². The summed E-state index contributed by atoms with van der Waals surface area (Å²) in [7, 11) is 0. The van der Waals surface area contributed by atoms with Crippen molar-refractivity contribution in [2.45, 2.75) is 27.7 Å². The molecule has 1 heterocycles. The zero-order valence-electron chi connectivity index (χ0n) is 19.5. The highest BCUT2D eigenvalue weighted by atomic mass is 35.5. The third-order valence-corrected chi connectivity index (χ3v) is 6.58.